The predicted molar refractivity (Wildman–Crippen MR) is 136 cm³/mol. The van der Waals surface area contributed by atoms with Gasteiger partial charge in [0.2, 0.25) is 0 Å². The molecule has 2 aromatic heterocycles. The van der Waals surface area contributed by atoms with Gasteiger partial charge in [0.15, 0.2) is 11.6 Å². The van der Waals surface area contributed by atoms with Crippen LogP contribution in [0, 0.1) is 11.3 Å². The Morgan fingerprint density at radius 2 is 1.70 bits per heavy atom. The zero-order valence-corrected chi connectivity index (χ0v) is 20.0. The maximum absolute atomic E-state index is 9.34. The van der Waals surface area contributed by atoms with Crippen molar-refractivity contribution in [1.29, 1.82) is 5.26 Å². The number of halogens is 3. The van der Waals surface area contributed by atoms with Gasteiger partial charge in [-0.25, -0.2) is 0 Å². The van der Waals surface area contributed by atoms with Crippen LogP contribution in [-0.2, 0) is 13.1 Å². The molecule has 0 fully saturated rings. The molecule has 170 valence electrons. The summed E-state index contributed by atoms with van der Waals surface area (Å²) < 4.78 is 5.20. The maximum Gasteiger partial charge on any atom is 0.157 e. The summed E-state index contributed by atoms with van der Waals surface area (Å²) in [6.07, 6.45) is 1.75. The molecule has 4 aromatic rings. The molecule has 2 aromatic carbocycles. The van der Waals surface area contributed by atoms with Crippen LogP contribution in [-0.4, -0.2) is 22.3 Å². The van der Waals surface area contributed by atoms with Gasteiger partial charge in [0, 0.05) is 23.5 Å². The number of nitrogens with zero attached hydrogens (tertiary/aromatic N) is 4. The van der Waals surface area contributed by atoms with Crippen molar-refractivity contribution in [3.8, 4) is 11.8 Å². The van der Waals surface area contributed by atoms with E-state index in [1.165, 1.54) is 0 Å². The fourth-order valence-corrected chi connectivity index (χ4v) is 3.45. The second kappa shape index (κ2) is 12.1. The third-order valence-corrected chi connectivity index (χ3v) is 5.04. The van der Waals surface area contributed by atoms with Gasteiger partial charge in [0.05, 0.1) is 36.0 Å². The lowest BCUT2D eigenvalue weighted by atomic mass is 10.1. The van der Waals surface area contributed by atoms with Crippen molar-refractivity contribution in [2.24, 2.45) is 0 Å². The summed E-state index contributed by atoms with van der Waals surface area (Å²) in [6, 6.07) is 19.0. The minimum atomic E-state index is 0. The van der Waals surface area contributed by atoms with E-state index < -0.39 is 0 Å². The Morgan fingerprint density at radius 1 is 0.939 bits per heavy atom. The molecule has 0 radical (unpaired) electrons. The molecule has 2 heterocycles. The Hall–Kier alpha value is -3.31. The molecule has 0 spiro atoms. The number of anilines is 2. The fraction of sp³-hybridized carbons (Fsp3) is 0.130. The maximum atomic E-state index is 9.34. The number of methoxy groups -OCH3 is 1. The minimum absolute atomic E-state index is 0. The van der Waals surface area contributed by atoms with Gasteiger partial charge in [0.25, 0.3) is 0 Å². The van der Waals surface area contributed by atoms with Crippen molar-refractivity contribution < 1.29 is 4.74 Å². The first-order valence-corrected chi connectivity index (χ1v) is 9.96. The Morgan fingerprint density at radius 3 is 2.36 bits per heavy atom. The molecule has 7 nitrogen and oxygen atoms in total. The van der Waals surface area contributed by atoms with Gasteiger partial charge in [-0.2, -0.15) is 5.26 Å². The lowest BCUT2D eigenvalue weighted by molar-refractivity contribution is 0.415. The van der Waals surface area contributed by atoms with Crippen molar-refractivity contribution in [3.63, 3.8) is 0 Å². The van der Waals surface area contributed by atoms with Crippen LogP contribution in [0.5, 0.6) is 5.75 Å². The first-order chi connectivity index (χ1) is 15.2. The van der Waals surface area contributed by atoms with Crippen LogP contribution in [0.4, 0.5) is 11.6 Å². The standard InChI is InChI=1S/C23H19ClN6O.2ClH/c1-31-21-8-6-16(11-20(21)24)13-27-23-19-10-15(12-25)5-7-18(19)22(29-30-23)28-14-17-4-2-3-9-26-17;;/h2-11H,13-14H2,1H3,(H,27,30)(H,28,29);2*1H. The Bertz CT molecular complexity index is 1260. The zero-order chi connectivity index (χ0) is 21.6. The van der Waals surface area contributed by atoms with Crippen molar-refractivity contribution in [2.45, 2.75) is 13.1 Å². The second-order valence-corrected chi connectivity index (χ2v) is 7.17. The summed E-state index contributed by atoms with van der Waals surface area (Å²) in [7, 11) is 1.58. The summed E-state index contributed by atoms with van der Waals surface area (Å²) in [5.74, 6) is 1.84. The third kappa shape index (κ3) is 6.14. The smallest absolute Gasteiger partial charge is 0.157 e. The number of nitriles is 1. The largest absolute Gasteiger partial charge is 0.495 e. The number of rotatable bonds is 7. The SMILES string of the molecule is COc1ccc(CNc2nnc(NCc3ccccn3)c3ccc(C#N)cc23)cc1Cl.Cl.Cl. The van der Waals surface area contributed by atoms with Gasteiger partial charge >= 0.3 is 0 Å². The van der Waals surface area contributed by atoms with Crippen LogP contribution < -0.4 is 15.4 Å². The molecule has 0 aliphatic heterocycles. The summed E-state index contributed by atoms with van der Waals surface area (Å²) in [6.45, 7) is 1.01. The van der Waals surface area contributed by atoms with Gasteiger partial charge in [-0.3, -0.25) is 4.98 Å². The predicted octanol–water partition coefficient (Wildman–Crippen LogP) is 5.63. The second-order valence-electron chi connectivity index (χ2n) is 6.77. The molecule has 4 rings (SSSR count). The first kappa shape index (κ1) is 25.9. The molecule has 10 heteroatoms. The zero-order valence-electron chi connectivity index (χ0n) is 17.6. The molecule has 0 amide bonds. The van der Waals surface area contributed by atoms with Crippen LogP contribution in [0.1, 0.15) is 16.8 Å². The number of nitrogens with one attached hydrogen (secondary N) is 2. The molecule has 0 saturated carbocycles. The molecule has 0 aliphatic rings. The number of pyridine rings is 1. The molecule has 0 saturated heterocycles. The van der Waals surface area contributed by atoms with Gasteiger partial charge in [-0.15, -0.1) is 35.0 Å². The molecule has 0 unspecified atom stereocenters. The highest BCUT2D eigenvalue weighted by molar-refractivity contribution is 6.32. The van der Waals surface area contributed by atoms with Crippen molar-refractivity contribution >= 4 is 58.8 Å². The number of benzene rings is 2. The van der Waals surface area contributed by atoms with Crippen LogP contribution >= 0.6 is 36.4 Å². The van der Waals surface area contributed by atoms with Crippen LogP contribution in [0.2, 0.25) is 5.02 Å². The quantitative estimate of drug-likeness (QED) is 0.337. The Labute approximate surface area is 209 Å². The monoisotopic (exact) mass is 502 g/mol. The van der Waals surface area contributed by atoms with E-state index in [2.05, 4.69) is 31.9 Å². The normalized spacial score (nSPS) is 9.85. The number of hydrogen-bond acceptors (Lipinski definition) is 7. The molecule has 0 atom stereocenters. The van der Waals surface area contributed by atoms with Crippen LogP contribution in [0.3, 0.4) is 0 Å². The fourth-order valence-electron chi connectivity index (χ4n) is 3.17. The van der Waals surface area contributed by atoms with Gasteiger partial charge in [0.1, 0.15) is 5.75 Å². The highest BCUT2D eigenvalue weighted by atomic mass is 35.5. The van der Waals surface area contributed by atoms with E-state index in [4.69, 9.17) is 16.3 Å². The minimum Gasteiger partial charge on any atom is -0.495 e. The van der Waals surface area contributed by atoms with Crippen molar-refractivity contribution in [1.82, 2.24) is 15.2 Å². The highest BCUT2D eigenvalue weighted by Gasteiger charge is 2.11. The lowest BCUT2D eigenvalue weighted by Crippen LogP contribution is -2.08. The van der Waals surface area contributed by atoms with Crippen molar-refractivity contribution in [2.75, 3.05) is 17.7 Å². The van der Waals surface area contributed by atoms with Gasteiger partial charge in [-0.1, -0.05) is 23.7 Å². The van der Waals surface area contributed by atoms with E-state index in [-0.39, 0.29) is 24.8 Å². The van der Waals surface area contributed by atoms with E-state index in [9.17, 15) is 5.26 Å². The molecule has 0 bridgehead atoms. The van der Waals surface area contributed by atoms with E-state index in [1.807, 2.05) is 42.5 Å². The van der Waals surface area contributed by atoms with Crippen molar-refractivity contribution in [3.05, 3.63) is 82.6 Å². The first-order valence-electron chi connectivity index (χ1n) is 9.58. The molecular formula is C23H21Cl3N6O. The lowest BCUT2D eigenvalue weighted by Gasteiger charge is -2.13. The summed E-state index contributed by atoms with van der Waals surface area (Å²) in [5.41, 5.74) is 2.41. The molecular weight excluding hydrogens is 483 g/mol. The molecule has 2 N–H and O–H groups in total. The summed E-state index contributed by atoms with van der Waals surface area (Å²) >= 11 is 6.22. The van der Waals surface area contributed by atoms with E-state index in [1.54, 1.807) is 25.4 Å². The summed E-state index contributed by atoms with van der Waals surface area (Å²) in [4.78, 5) is 4.32. The van der Waals surface area contributed by atoms with Gasteiger partial charge < -0.3 is 15.4 Å². The van der Waals surface area contributed by atoms with E-state index >= 15 is 0 Å². The summed E-state index contributed by atoms with van der Waals surface area (Å²) in [5, 5.41) is 26.8. The van der Waals surface area contributed by atoms with E-state index in [0.717, 1.165) is 22.0 Å². The van der Waals surface area contributed by atoms with Crippen LogP contribution in [0.15, 0.2) is 60.8 Å². The van der Waals surface area contributed by atoms with E-state index in [0.29, 0.717) is 41.1 Å². The van der Waals surface area contributed by atoms with Crippen LogP contribution in [0.25, 0.3) is 10.8 Å². The number of hydrogen-bond donors (Lipinski definition) is 2. The number of aromatic nitrogens is 3. The highest BCUT2D eigenvalue weighted by Crippen LogP contribution is 2.29. The average Bonchev–Trinajstić information content (AvgIpc) is 2.82. The topological polar surface area (TPSA) is 95.8 Å². The number of fused-ring (bicyclic) bond motifs is 1. The average molecular weight is 504 g/mol. The Balaban J connectivity index is 0.00000193. The van der Waals surface area contributed by atoms with Gasteiger partial charge in [-0.05, 0) is 48.0 Å². The molecule has 0 aliphatic carbocycles. The number of ether oxygens (including phenoxy) is 1. The molecule has 33 heavy (non-hydrogen) atoms. The Kier molecular flexibility index (Phi) is 9.49. The third-order valence-electron chi connectivity index (χ3n) is 4.75.